The van der Waals surface area contributed by atoms with Gasteiger partial charge < -0.3 is 14.2 Å². The first-order valence-corrected chi connectivity index (χ1v) is 12.4. The number of fused-ring (bicyclic) bond motifs is 3. The van der Waals surface area contributed by atoms with E-state index in [0.29, 0.717) is 30.4 Å². The fourth-order valence-corrected chi connectivity index (χ4v) is 5.70. The van der Waals surface area contributed by atoms with Crippen LogP contribution in [0.4, 0.5) is 13.2 Å². The Hall–Kier alpha value is -2.74. The van der Waals surface area contributed by atoms with Crippen LogP contribution in [-0.2, 0) is 16.0 Å². The normalized spacial score (nSPS) is 22.9. The van der Waals surface area contributed by atoms with Crippen molar-refractivity contribution >= 4 is 5.97 Å². The van der Waals surface area contributed by atoms with Gasteiger partial charge in [0.2, 0.25) is 0 Å². The van der Waals surface area contributed by atoms with Crippen LogP contribution >= 0.6 is 0 Å². The van der Waals surface area contributed by atoms with Gasteiger partial charge in [-0.2, -0.15) is 13.2 Å². The molecule has 0 spiro atoms. The van der Waals surface area contributed by atoms with Gasteiger partial charge in [-0.25, -0.2) is 0 Å². The van der Waals surface area contributed by atoms with E-state index in [1.54, 1.807) is 20.3 Å². The van der Waals surface area contributed by atoms with Crippen LogP contribution < -0.4 is 9.47 Å². The largest absolute Gasteiger partial charge is 0.493 e. The number of benzene rings is 2. The summed E-state index contributed by atoms with van der Waals surface area (Å²) in [4.78, 5) is 15.5. The number of hydrogen-bond acceptors (Lipinski definition) is 5. The van der Waals surface area contributed by atoms with Crippen LogP contribution in [0.25, 0.3) is 0 Å². The van der Waals surface area contributed by atoms with Gasteiger partial charge in [-0.05, 0) is 47.6 Å². The van der Waals surface area contributed by atoms with E-state index in [0.717, 1.165) is 30.5 Å². The molecule has 36 heavy (non-hydrogen) atoms. The van der Waals surface area contributed by atoms with Gasteiger partial charge >= 0.3 is 12.1 Å². The van der Waals surface area contributed by atoms with E-state index in [9.17, 15) is 18.0 Å². The Balaban J connectivity index is 1.64. The highest BCUT2D eigenvalue weighted by atomic mass is 19.4. The zero-order chi connectivity index (χ0) is 26.0. The lowest BCUT2D eigenvalue weighted by Gasteiger charge is -2.47. The highest BCUT2D eigenvalue weighted by Gasteiger charge is 2.49. The molecule has 8 heteroatoms. The molecule has 5 nitrogen and oxygen atoms in total. The van der Waals surface area contributed by atoms with Crippen molar-refractivity contribution in [1.82, 2.24) is 4.90 Å². The molecule has 1 saturated heterocycles. The molecule has 0 N–H and O–H groups in total. The van der Waals surface area contributed by atoms with Crippen LogP contribution in [0.2, 0.25) is 0 Å². The second-order valence-electron chi connectivity index (χ2n) is 10.2. The molecule has 2 heterocycles. The van der Waals surface area contributed by atoms with Crippen LogP contribution in [0.5, 0.6) is 11.5 Å². The third-order valence-electron chi connectivity index (χ3n) is 7.30. The summed E-state index contributed by atoms with van der Waals surface area (Å²) in [5.41, 5.74) is 2.07. The van der Waals surface area contributed by atoms with Gasteiger partial charge in [0, 0.05) is 31.5 Å². The lowest BCUT2D eigenvalue weighted by atomic mass is 9.79. The van der Waals surface area contributed by atoms with E-state index < -0.39 is 24.2 Å². The summed E-state index contributed by atoms with van der Waals surface area (Å²) in [7, 11) is 3.17. The maximum Gasteiger partial charge on any atom is 0.406 e. The Bertz CT molecular complexity index is 1060. The molecule has 4 atom stereocenters. The predicted octanol–water partition coefficient (Wildman–Crippen LogP) is 5.93. The number of carbonyl (C=O) groups excluding carboxylic acids is 1. The van der Waals surface area contributed by atoms with Crippen molar-refractivity contribution in [2.45, 2.75) is 57.3 Å². The number of nitrogens with zero attached hydrogens (tertiary/aromatic N) is 1. The molecule has 2 aromatic carbocycles. The molecule has 0 aliphatic carbocycles. The summed E-state index contributed by atoms with van der Waals surface area (Å²) in [5.74, 6) is -2.00. The third kappa shape index (κ3) is 5.48. The summed E-state index contributed by atoms with van der Waals surface area (Å²) >= 11 is 0. The zero-order valence-corrected chi connectivity index (χ0v) is 21.2. The van der Waals surface area contributed by atoms with Gasteiger partial charge in [-0.15, -0.1) is 0 Å². The van der Waals surface area contributed by atoms with E-state index >= 15 is 0 Å². The van der Waals surface area contributed by atoms with Crippen molar-refractivity contribution in [2.24, 2.45) is 11.8 Å². The number of halogens is 3. The van der Waals surface area contributed by atoms with E-state index in [4.69, 9.17) is 14.2 Å². The summed E-state index contributed by atoms with van der Waals surface area (Å²) in [5, 5.41) is 0. The standard InChI is InChI=1S/C28H34F3NO4/c1-17(2)12-20-16-32-11-10-19-13-24(34-3)25(35-4)14-21(19)22(32)15-23(20)36-27(33)26(28(29,30)31)18-8-6-5-7-9-18/h5-9,13-14,17,20,22-23,26H,10-12,15-16H2,1-4H3/t20-,22+,23-,26+/m0/s1. The maximum atomic E-state index is 14.0. The van der Waals surface area contributed by atoms with Crippen LogP contribution in [0.3, 0.4) is 0 Å². The lowest BCUT2D eigenvalue weighted by molar-refractivity contribution is -0.190. The average molecular weight is 506 g/mol. The molecule has 0 saturated carbocycles. The number of ether oxygens (including phenoxy) is 3. The Kier molecular flexibility index (Phi) is 7.83. The smallest absolute Gasteiger partial charge is 0.406 e. The topological polar surface area (TPSA) is 48.0 Å². The lowest BCUT2D eigenvalue weighted by Crippen LogP contribution is -2.50. The third-order valence-corrected chi connectivity index (χ3v) is 7.30. The summed E-state index contributed by atoms with van der Waals surface area (Å²) in [6.07, 6.45) is -3.32. The van der Waals surface area contributed by atoms with E-state index in [1.165, 1.54) is 24.3 Å². The number of esters is 1. The molecule has 0 unspecified atom stereocenters. The Morgan fingerprint density at radius 1 is 1.08 bits per heavy atom. The van der Waals surface area contributed by atoms with Crippen LogP contribution in [0.15, 0.2) is 42.5 Å². The van der Waals surface area contributed by atoms with Crippen molar-refractivity contribution in [3.8, 4) is 11.5 Å². The van der Waals surface area contributed by atoms with Crippen molar-refractivity contribution in [2.75, 3.05) is 27.3 Å². The van der Waals surface area contributed by atoms with E-state index in [-0.39, 0.29) is 17.5 Å². The van der Waals surface area contributed by atoms with Crippen LogP contribution in [0, 0.1) is 11.8 Å². The number of methoxy groups -OCH3 is 2. The van der Waals surface area contributed by atoms with Crippen molar-refractivity contribution in [3.05, 3.63) is 59.2 Å². The molecule has 0 bridgehead atoms. The van der Waals surface area contributed by atoms with E-state index in [1.807, 2.05) is 12.1 Å². The first kappa shape index (κ1) is 26.3. The number of hydrogen-bond donors (Lipinski definition) is 0. The SMILES string of the molecule is COc1cc2c(cc1OC)[C@H]1C[C@H](OC(=O)[C@@H](c3ccccc3)C(F)(F)F)[C@@H](CC(C)C)CN1CC2. The average Bonchev–Trinajstić information content (AvgIpc) is 2.83. The molecule has 0 radical (unpaired) electrons. The van der Waals surface area contributed by atoms with Crippen LogP contribution in [0.1, 0.15) is 55.3 Å². The molecule has 0 aromatic heterocycles. The first-order valence-electron chi connectivity index (χ1n) is 12.4. The van der Waals surface area contributed by atoms with Crippen molar-refractivity contribution in [1.29, 1.82) is 0 Å². The molecular formula is C28H34F3NO4. The highest BCUT2D eigenvalue weighted by molar-refractivity contribution is 5.79. The molecule has 4 rings (SSSR count). The zero-order valence-electron chi connectivity index (χ0n) is 21.2. The van der Waals surface area contributed by atoms with Gasteiger partial charge in [0.1, 0.15) is 6.10 Å². The van der Waals surface area contributed by atoms with Crippen molar-refractivity contribution < 1.29 is 32.2 Å². The monoisotopic (exact) mass is 505 g/mol. The Morgan fingerprint density at radius 3 is 2.36 bits per heavy atom. The minimum atomic E-state index is -4.74. The molecule has 0 amide bonds. The predicted molar refractivity (Wildman–Crippen MR) is 130 cm³/mol. The Morgan fingerprint density at radius 2 is 1.75 bits per heavy atom. The minimum absolute atomic E-state index is 0.0449. The highest BCUT2D eigenvalue weighted by Crippen LogP contribution is 2.45. The van der Waals surface area contributed by atoms with Crippen molar-refractivity contribution in [3.63, 3.8) is 0 Å². The second-order valence-corrected chi connectivity index (χ2v) is 10.2. The fourth-order valence-electron chi connectivity index (χ4n) is 5.70. The second kappa shape index (κ2) is 10.7. The summed E-state index contributed by atoms with van der Waals surface area (Å²) in [6, 6.07) is 11.1. The number of carbonyl (C=O) groups is 1. The number of rotatable bonds is 7. The number of piperidine rings is 1. The van der Waals surface area contributed by atoms with Gasteiger partial charge in [-0.3, -0.25) is 9.69 Å². The molecule has 196 valence electrons. The number of alkyl halides is 3. The fraction of sp³-hybridized carbons (Fsp3) is 0.536. The minimum Gasteiger partial charge on any atom is -0.493 e. The van der Waals surface area contributed by atoms with Gasteiger partial charge in [0.25, 0.3) is 0 Å². The molecular weight excluding hydrogens is 471 g/mol. The molecule has 2 aliphatic rings. The summed E-state index contributed by atoms with van der Waals surface area (Å²) in [6.45, 7) is 5.65. The summed E-state index contributed by atoms with van der Waals surface area (Å²) < 4.78 is 58.8. The Labute approximate surface area is 210 Å². The van der Waals surface area contributed by atoms with Gasteiger partial charge in [0.15, 0.2) is 17.4 Å². The van der Waals surface area contributed by atoms with Gasteiger partial charge in [-0.1, -0.05) is 44.2 Å². The van der Waals surface area contributed by atoms with Gasteiger partial charge in [0.05, 0.1) is 14.2 Å². The first-order chi connectivity index (χ1) is 17.1. The molecule has 2 aliphatic heterocycles. The molecule has 1 fully saturated rings. The maximum absolute atomic E-state index is 14.0. The van der Waals surface area contributed by atoms with E-state index in [2.05, 4.69) is 18.7 Å². The molecule has 2 aromatic rings. The van der Waals surface area contributed by atoms with Crippen LogP contribution in [-0.4, -0.2) is 50.5 Å². The quantitative estimate of drug-likeness (QED) is 0.437.